The molecular formula is C24H29ClN2O5. The Kier molecular flexibility index (Phi) is 8.50. The normalized spacial score (nSPS) is 18.3. The number of hydrogen-bond donors (Lipinski definition) is 3. The van der Waals surface area contributed by atoms with Crippen molar-refractivity contribution >= 4 is 34.9 Å². The van der Waals surface area contributed by atoms with Crippen molar-refractivity contribution in [3.63, 3.8) is 0 Å². The van der Waals surface area contributed by atoms with Crippen molar-refractivity contribution in [2.75, 3.05) is 30.0 Å². The minimum Gasteiger partial charge on any atom is -0.478 e. The lowest BCUT2D eigenvalue weighted by molar-refractivity contribution is -0.121. The van der Waals surface area contributed by atoms with Gasteiger partial charge in [-0.2, -0.15) is 0 Å². The van der Waals surface area contributed by atoms with E-state index in [1.807, 2.05) is 36.1 Å². The molecule has 1 aliphatic rings. The SMILES string of the molecule is CCOCC1CCN(c2ccc(CC(Cl)C(O)Nc3ccc(C(=O)O)cc3)cc2)C(=O)C1. The summed E-state index contributed by atoms with van der Waals surface area (Å²) in [6.07, 6.45) is 0.824. The number of carboxylic acid groups (broad SMARTS) is 1. The Morgan fingerprint density at radius 1 is 1.22 bits per heavy atom. The summed E-state index contributed by atoms with van der Waals surface area (Å²) in [7, 11) is 0. The average molecular weight is 461 g/mol. The fourth-order valence-corrected chi connectivity index (χ4v) is 3.96. The number of carboxylic acids is 1. The topological polar surface area (TPSA) is 99.1 Å². The number of carbonyl (C=O) groups excluding carboxylic acids is 1. The van der Waals surface area contributed by atoms with Gasteiger partial charge < -0.3 is 25.2 Å². The molecule has 0 aliphatic carbocycles. The van der Waals surface area contributed by atoms with Crippen LogP contribution in [-0.2, 0) is 16.0 Å². The highest BCUT2D eigenvalue weighted by Crippen LogP contribution is 2.26. The second-order valence-electron chi connectivity index (χ2n) is 7.92. The first kappa shape index (κ1) is 24.0. The van der Waals surface area contributed by atoms with Crippen LogP contribution in [0.2, 0.25) is 0 Å². The van der Waals surface area contributed by atoms with Gasteiger partial charge in [-0.15, -0.1) is 11.6 Å². The van der Waals surface area contributed by atoms with Crippen LogP contribution in [0.1, 0.15) is 35.7 Å². The fourth-order valence-electron chi connectivity index (χ4n) is 3.71. The second kappa shape index (κ2) is 11.3. The second-order valence-corrected chi connectivity index (χ2v) is 8.48. The number of halogens is 1. The largest absolute Gasteiger partial charge is 0.478 e. The fraction of sp³-hybridized carbons (Fsp3) is 0.417. The van der Waals surface area contributed by atoms with Crippen molar-refractivity contribution < 1.29 is 24.5 Å². The third-order valence-electron chi connectivity index (χ3n) is 5.55. The summed E-state index contributed by atoms with van der Waals surface area (Å²) < 4.78 is 5.45. The van der Waals surface area contributed by atoms with Crippen LogP contribution >= 0.6 is 11.6 Å². The zero-order valence-electron chi connectivity index (χ0n) is 18.0. The third kappa shape index (κ3) is 6.45. The molecule has 1 aliphatic heterocycles. The number of aliphatic hydroxyl groups is 1. The van der Waals surface area contributed by atoms with E-state index < -0.39 is 17.6 Å². The number of nitrogens with zero attached hydrogens (tertiary/aromatic N) is 1. The van der Waals surface area contributed by atoms with Crippen molar-refractivity contribution in [2.45, 2.75) is 37.8 Å². The molecule has 172 valence electrons. The van der Waals surface area contributed by atoms with Crippen LogP contribution in [0.4, 0.5) is 11.4 Å². The number of nitrogens with one attached hydrogen (secondary N) is 1. The molecule has 3 N–H and O–H groups in total. The van der Waals surface area contributed by atoms with Crippen molar-refractivity contribution in [3.8, 4) is 0 Å². The summed E-state index contributed by atoms with van der Waals surface area (Å²) in [5, 5.41) is 21.6. The Morgan fingerprint density at radius 2 is 1.91 bits per heavy atom. The lowest BCUT2D eigenvalue weighted by Gasteiger charge is -2.31. The Bertz CT molecular complexity index is 904. The number of piperidine rings is 1. The first-order valence-corrected chi connectivity index (χ1v) is 11.2. The number of benzene rings is 2. The van der Waals surface area contributed by atoms with Crippen LogP contribution in [0.15, 0.2) is 48.5 Å². The summed E-state index contributed by atoms with van der Waals surface area (Å²) in [6.45, 7) is 3.93. The van der Waals surface area contributed by atoms with Crippen molar-refractivity contribution in [3.05, 3.63) is 59.7 Å². The molecule has 1 fully saturated rings. The molecule has 0 bridgehead atoms. The predicted octanol–water partition coefficient (Wildman–Crippen LogP) is 3.74. The molecule has 0 aromatic heterocycles. The van der Waals surface area contributed by atoms with Gasteiger partial charge >= 0.3 is 5.97 Å². The van der Waals surface area contributed by atoms with E-state index in [0.29, 0.717) is 38.3 Å². The molecular weight excluding hydrogens is 432 g/mol. The van der Waals surface area contributed by atoms with Gasteiger partial charge in [-0.1, -0.05) is 12.1 Å². The maximum Gasteiger partial charge on any atom is 0.335 e. The van der Waals surface area contributed by atoms with Crippen LogP contribution in [-0.4, -0.2) is 53.5 Å². The molecule has 1 saturated heterocycles. The highest BCUT2D eigenvalue weighted by Gasteiger charge is 2.27. The first-order chi connectivity index (χ1) is 15.4. The molecule has 3 atom stereocenters. The van der Waals surface area contributed by atoms with Gasteiger partial charge in [0.2, 0.25) is 5.91 Å². The number of ether oxygens (including phenoxy) is 1. The third-order valence-corrected chi connectivity index (χ3v) is 5.94. The van der Waals surface area contributed by atoms with Gasteiger partial charge in [0.25, 0.3) is 0 Å². The average Bonchev–Trinajstić information content (AvgIpc) is 2.78. The molecule has 2 aromatic carbocycles. The quantitative estimate of drug-likeness (QED) is 0.369. The zero-order valence-corrected chi connectivity index (χ0v) is 18.8. The Labute approximate surface area is 192 Å². The van der Waals surface area contributed by atoms with E-state index in [9.17, 15) is 14.7 Å². The molecule has 1 amide bonds. The first-order valence-electron chi connectivity index (χ1n) is 10.8. The number of amides is 1. The molecule has 8 heteroatoms. The molecule has 0 radical (unpaired) electrons. The van der Waals surface area contributed by atoms with E-state index in [4.69, 9.17) is 21.4 Å². The maximum absolute atomic E-state index is 12.5. The number of carbonyl (C=O) groups is 2. The summed E-state index contributed by atoms with van der Waals surface area (Å²) in [6, 6.07) is 13.7. The number of aromatic carboxylic acids is 1. The van der Waals surface area contributed by atoms with Crippen LogP contribution in [0.25, 0.3) is 0 Å². The summed E-state index contributed by atoms with van der Waals surface area (Å²) in [5.41, 5.74) is 2.55. The molecule has 1 heterocycles. The van der Waals surface area contributed by atoms with E-state index in [1.165, 1.54) is 12.1 Å². The van der Waals surface area contributed by atoms with E-state index >= 15 is 0 Å². The van der Waals surface area contributed by atoms with Crippen LogP contribution in [0, 0.1) is 5.92 Å². The number of alkyl halides is 1. The van der Waals surface area contributed by atoms with Crippen LogP contribution in [0.3, 0.4) is 0 Å². The maximum atomic E-state index is 12.5. The molecule has 2 aromatic rings. The van der Waals surface area contributed by atoms with Gasteiger partial charge in [0.05, 0.1) is 10.9 Å². The smallest absolute Gasteiger partial charge is 0.335 e. The van der Waals surface area contributed by atoms with Gasteiger partial charge in [0, 0.05) is 37.6 Å². The van der Waals surface area contributed by atoms with Gasteiger partial charge in [-0.3, -0.25) is 4.79 Å². The van der Waals surface area contributed by atoms with E-state index in [0.717, 1.165) is 17.7 Å². The molecule has 0 saturated carbocycles. The Balaban J connectivity index is 1.52. The lowest BCUT2D eigenvalue weighted by atomic mass is 9.96. The zero-order chi connectivity index (χ0) is 23.1. The predicted molar refractivity (Wildman–Crippen MR) is 124 cm³/mol. The van der Waals surface area contributed by atoms with Crippen LogP contribution < -0.4 is 10.2 Å². The molecule has 32 heavy (non-hydrogen) atoms. The Hall–Kier alpha value is -2.61. The Morgan fingerprint density at radius 3 is 2.50 bits per heavy atom. The number of rotatable bonds is 10. The minimum absolute atomic E-state index is 0.109. The van der Waals surface area contributed by atoms with Crippen LogP contribution in [0.5, 0.6) is 0 Å². The van der Waals surface area contributed by atoms with E-state index in [2.05, 4.69) is 5.32 Å². The van der Waals surface area contributed by atoms with Crippen molar-refractivity contribution in [1.29, 1.82) is 0 Å². The minimum atomic E-state index is -1.02. The standard InChI is InChI=1S/C24H29ClN2O5/c1-2-32-15-17-11-12-27(22(28)14-17)20-9-3-16(4-10-20)13-21(25)23(29)26-19-7-5-18(6-8-19)24(30)31/h3-10,17,21,23,26,29H,2,11-15H2,1H3,(H,30,31). The van der Waals surface area contributed by atoms with Gasteiger partial charge in [-0.05, 0) is 67.6 Å². The monoisotopic (exact) mass is 460 g/mol. The number of aliphatic hydroxyl groups excluding tert-OH is 1. The number of hydrogen-bond acceptors (Lipinski definition) is 5. The number of anilines is 2. The highest BCUT2D eigenvalue weighted by atomic mass is 35.5. The van der Waals surface area contributed by atoms with Crippen molar-refractivity contribution in [1.82, 2.24) is 0 Å². The highest BCUT2D eigenvalue weighted by molar-refractivity contribution is 6.21. The van der Waals surface area contributed by atoms with E-state index in [1.54, 1.807) is 12.1 Å². The molecule has 0 spiro atoms. The summed E-state index contributed by atoms with van der Waals surface area (Å²) in [4.78, 5) is 25.3. The molecule has 7 nitrogen and oxygen atoms in total. The van der Waals surface area contributed by atoms with Crippen molar-refractivity contribution in [2.24, 2.45) is 5.92 Å². The van der Waals surface area contributed by atoms with Gasteiger partial charge in [-0.25, -0.2) is 4.79 Å². The lowest BCUT2D eigenvalue weighted by Crippen LogP contribution is -2.40. The molecule has 3 rings (SSSR count). The van der Waals surface area contributed by atoms with Gasteiger partial charge in [0.15, 0.2) is 0 Å². The van der Waals surface area contributed by atoms with E-state index in [-0.39, 0.29) is 17.4 Å². The van der Waals surface area contributed by atoms with Gasteiger partial charge in [0.1, 0.15) is 6.23 Å². The summed E-state index contributed by atoms with van der Waals surface area (Å²) >= 11 is 6.38. The molecule has 3 unspecified atom stereocenters. The summed E-state index contributed by atoms with van der Waals surface area (Å²) in [5.74, 6) is -0.617.